The van der Waals surface area contributed by atoms with Gasteiger partial charge in [0, 0.05) is 26.7 Å². The SMILES string of the molecule is CN1CCCN(CC(N=C=O)C(C)(C)C)C1=O. The Labute approximate surface area is 102 Å². The fraction of sp³-hybridized carbons (Fsp3) is 0.833. The molecule has 0 aromatic heterocycles. The van der Waals surface area contributed by atoms with Crippen LogP contribution >= 0.6 is 0 Å². The van der Waals surface area contributed by atoms with Gasteiger partial charge in [-0.3, -0.25) is 0 Å². The van der Waals surface area contributed by atoms with E-state index < -0.39 is 0 Å². The monoisotopic (exact) mass is 239 g/mol. The van der Waals surface area contributed by atoms with Crippen LogP contribution in [0.1, 0.15) is 27.2 Å². The van der Waals surface area contributed by atoms with Crippen molar-refractivity contribution in [2.24, 2.45) is 10.4 Å². The molecule has 0 saturated carbocycles. The highest BCUT2D eigenvalue weighted by molar-refractivity contribution is 5.74. The summed E-state index contributed by atoms with van der Waals surface area (Å²) in [5, 5.41) is 0. The summed E-state index contributed by atoms with van der Waals surface area (Å²) in [6.07, 6.45) is 2.58. The van der Waals surface area contributed by atoms with Gasteiger partial charge in [0.1, 0.15) is 0 Å². The number of aliphatic imine (C=N–C) groups is 1. The van der Waals surface area contributed by atoms with Gasteiger partial charge in [-0.2, -0.15) is 0 Å². The Morgan fingerprint density at radius 1 is 1.41 bits per heavy atom. The van der Waals surface area contributed by atoms with Crippen LogP contribution in [0.3, 0.4) is 0 Å². The molecule has 1 fully saturated rings. The Balaban J connectivity index is 2.73. The number of isocyanates is 1. The van der Waals surface area contributed by atoms with Crippen LogP contribution in [0.4, 0.5) is 4.79 Å². The van der Waals surface area contributed by atoms with Gasteiger partial charge in [-0.05, 0) is 11.8 Å². The summed E-state index contributed by atoms with van der Waals surface area (Å²) < 4.78 is 0. The summed E-state index contributed by atoms with van der Waals surface area (Å²) >= 11 is 0. The van der Waals surface area contributed by atoms with Gasteiger partial charge in [0.25, 0.3) is 0 Å². The van der Waals surface area contributed by atoms with Crippen molar-refractivity contribution >= 4 is 12.1 Å². The van der Waals surface area contributed by atoms with Crippen LogP contribution in [-0.4, -0.2) is 54.6 Å². The van der Waals surface area contributed by atoms with Gasteiger partial charge >= 0.3 is 6.03 Å². The highest BCUT2D eigenvalue weighted by Gasteiger charge is 2.30. The molecule has 0 bridgehead atoms. The fourth-order valence-corrected chi connectivity index (χ4v) is 1.88. The van der Waals surface area contributed by atoms with Crippen LogP contribution in [0.15, 0.2) is 4.99 Å². The second-order valence-corrected chi connectivity index (χ2v) is 5.61. The molecule has 1 saturated heterocycles. The third-order valence-electron chi connectivity index (χ3n) is 3.12. The normalized spacial score (nSPS) is 18.9. The van der Waals surface area contributed by atoms with E-state index in [2.05, 4.69) is 4.99 Å². The summed E-state index contributed by atoms with van der Waals surface area (Å²) in [4.78, 5) is 29.6. The first-order chi connectivity index (χ1) is 7.86. The molecule has 0 aromatic rings. The molecular formula is C12H21N3O2. The minimum Gasteiger partial charge on any atom is -0.328 e. The van der Waals surface area contributed by atoms with Gasteiger partial charge in [-0.1, -0.05) is 20.8 Å². The van der Waals surface area contributed by atoms with E-state index in [1.807, 2.05) is 20.8 Å². The van der Waals surface area contributed by atoms with Crippen molar-refractivity contribution in [1.29, 1.82) is 0 Å². The van der Waals surface area contributed by atoms with Crippen molar-refractivity contribution in [1.82, 2.24) is 9.80 Å². The largest absolute Gasteiger partial charge is 0.328 e. The number of carbonyl (C=O) groups is 1. The number of hydrogen-bond donors (Lipinski definition) is 0. The van der Waals surface area contributed by atoms with Crippen LogP contribution in [0.25, 0.3) is 0 Å². The molecule has 1 heterocycles. The van der Waals surface area contributed by atoms with Gasteiger partial charge in [0.15, 0.2) is 0 Å². The molecule has 1 aliphatic heterocycles. The quantitative estimate of drug-likeness (QED) is 0.553. The van der Waals surface area contributed by atoms with Crippen LogP contribution in [0.2, 0.25) is 0 Å². The van der Waals surface area contributed by atoms with Gasteiger partial charge in [0.2, 0.25) is 6.08 Å². The van der Waals surface area contributed by atoms with E-state index in [0.717, 1.165) is 19.5 Å². The van der Waals surface area contributed by atoms with Crippen LogP contribution in [0.5, 0.6) is 0 Å². The molecule has 17 heavy (non-hydrogen) atoms. The lowest BCUT2D eigenvalue weighted by Gasteiger charge is -2.37. The predicted molar refractivity (Wildman–Crippen MR) is 65.6 cm³/mol. The number of hydrogen-bond acceptors (Lipinski definition) is 3. The molecule has 1 aliphatic rings. The molecule has 1 atom stereocenters. The molecule has 0 spiro atoms. The Hall–Kier alpha value is -1.35. The minimum atomic E-state index is -0.199. The van der Waals surface area contributed by atoms with Crippen molar-refractivity contribution < 1.29 is 9.59 Å². The predicted octanol–water partition coefficient (Wildman–Crippen LogP) is 1.49. The van der Waals surface area contributed by atoms with Crippen molar-refractivity contribution in [2.75, 3.05) is 26.7 Å². The van der Waals surface area contributed by atoms with E-state index >= 15 is 0 Å². The fourth-order valence-electron chi connectivity index (χ4n) is 1.88. The second-order valence-electron chi connectivity index (χ2n) is 5.61. The van der Waals surface area contributed by atoms with Crippen LogP contribution < -0.4 is 0 Å². The Morgan fingerprint density at radius 3 is 2.59 bits per heavy atom. The molecule has 0 N–H and O–H groups in total. The molecular weight excluding hydrogens is 218 g/mol. The average Bonchev–Trinajstić information content (AvgIpc) is 2.22. The maximum Gasteiger partial charge on any atom is 0.319 e. The number of amides is 2. The smallest absolute Gasteiger partial charge is 0.319 e. The lowest BCUT2D eigenvalue weighted by Crippen LogP contribution is -2.51. The van der Waals surface area contributed by atoms with E-state index in [-0.39, 0.29) is 17.5 Å². The number of urea groups is 1. The van der Waals surface area contributed by atoms with E-state index in [9.17, 15) is 9.59 Å². The zero-order chi connectivity index (χ0) is 13.1. The molecule has 0 aliphatic carbocycles. The second kappa shape index (κ2) is 5.32. The Bertz CT molecular complexity index is 329. The van der Waals surface area contributed by atoms with Crippen LogP contribution in [0, 0.1) is 5.41 Å². The lowest BCUT2D eigenvalue weighted by atomic mass is 9.87. The van der Waals surface area contributed by atoms with E-state index in [4.69, 9.17) is 0 Å². The zero-order valence-electron chi connectivity index (χ0n) is 11.1. The molecule has 0 aromatic carbocycles. The maximum atomic E-state index is 11.9. The standard InChI is InChI=1S/C12H21N3O2/c1-12(2,3)10(13-9-16)8-15-7-5-6-14(4)11(15)17/h10H,5-8H2,1-4H3. The van der Waals surface area contributed by atoms with E-state index in [0.29, 0.717) is 6.54 Å². The van der Waals surface area contributed by atoms with Crippen molar-refractivity contribution in [3.63, 3.8) is 0 Å². The van der Waals surface area contributed by atoms with Gasteiger partial charge in [0.05, 0.1) is 6.04 Å². The first-order valence-electron chi connectivity index (χ1n) is 5.93. The number of carbonyl (C=O) groups excluding carboxylic acids is 2. The van der Waals surface area contributed by atoms with Gasteiger partial charge in [-0.15, -0.1) is 0 Å². The Morgan fingerprint density at radius 2 is 2.06 bits per heavy atom. The van der Waals surface area contributed by atoms with E-state index in [1.165, 1.54) is 0 Å². The zero-order valence-corrected chi connectivity index (χ0v) is 11.1. The number of rotatable bonds is 3. The van der Waals surface area contributed by atoms with Crippen molar-refractivity contribution in [3.8, 4) is 0 Å². The molecule has 0 radical (unpaired) electrons. The molecule has 1 unspecified atom stereocenters. The molecule has 5 heteroatoms. The maximum absolute atomic E-state index is 11.9. The van der Waals surface area contributed by atoms with Crippen molar-refractivity contribution in [2.45, 2.75) is 33.2 Å². The third kappa shape index (κ3) is 3.56. The highest BCUT2D eigenvalue weighted by Crippen LogP contribution is 2.24. The molecule has 5 nitrogen and oxygen atoms in total. The topological polar surface area (TPSA) is 53.0 Å². The Kier molecular flexibility index (Phi) is 4.29. The summed E-state index contributed by atoms with van der Waals surface area (Å²) in [5.41, 5.74) is -0.145. The summed E-state index contributed by atoms with van der Waals surface area (Å²) in [5.74, 6) is 0. The summed E-state index contributed by atoms with van der Waals surface area (Å²) in [6, 6.07) is -0.179. The summed E-state index contributed by atoms with van der Waals surface area (Å²) in [7, 11) is 1.80. The van der Waals surface area contributed by atoms with Crippen LogP contribution in [-0.2, 0) is 4.79 Å². The first-order valence-corrected chi connectivity index (χ1v) is 5.93. The number of nitrogens with zero attached hydrogens (tertiary/aromatic N) is 3. The van der Waals surface area contributed by atoms with Crippen molar-refractivity contribution in [3.05, 3.63) is 0 Å². The minimum absolute atomic E-state index is 0.0200. The first kappa shape index (κ1) is 13.7. The van der Waals surface area contributed by atoms with E-state index in [1.54, 1.807) is 22.9 Å². The highest BCUT2D eigenvalue weighted by atomic mass is 16.2. The molecule has 96 valence electrons. The third-order valence-corrected chi connectivity index (χ3v) is 3.12. The average molecular weight is 239 g/mol. The molecule has 2 amide bonds. The summed E-state index contributed by atoms with van der Waals surface area (Å²) in [6.45, 7) is 8.06. The lowest BCUT2D eigenvalue weighted by molar-refractivity contribution is 0.128. The van der Waals surface area contributed by atoms with Gasteiger partial charge in [-0.25, -0.2) is 14.6 Å². The molecule has 1 rings (SSSR count). The van der Waals surface area contributed by atoms with Gasteiger partial charge < -0.3 is 9.80 Å².